The summed E-state index contributed by atoms with van der Waals surface area (Å²) in [6.45, 7) is 5.44. The predicted octanol–water partition coefficient (Wildman–Crippen LogP) is 3.66. The monoisotopic (exact) mass is 364 g/mol. The number of carbonyl (C=O) groups excluding carboxylic acids is 2. The van der Waals surface area contributed by atoms with Gasteiger partial charge >= 0.3 is 0 Å². The highest BCUT2D eigenvalue weighted by Crippen LogP contribution is 2.15. The average Bonchev–Trinajstić information content (AvgIpc) is 2.67. The summed E-state index contributed by atoms with van der Waals surface area (Å²) in [5, 5.41) is 3.13. The third-order valence-electron chi connectivity index (χ3n) is 5.17. The summed E-state index contributed by atoms with van der Waals surface area (Å²) in [4.78, 5) is 26.7. The Hall–Kier alpha value is -2.62. The Labute approximate surface area is 161 Å². The van der Waals surface area contributed by atoms with Gasteiger partial charge in [0.2, 0.25) is 5.91 Å². The molecule has 0 unspecified atom stereocenters. The summed E-state index contributed by atoms with van der Waals surface area (Å²) in [6.07, 6.45) is 2.89. The van der Waals surface area contributed by atoms with Crippen molar-refractivity contribution < 1.29 is 9.59 Å². The molecule has 142 valence electrons. The van der Waals surface area contributed by atoms with Gasteiger partial charge in [-0.15, -0.1) is 0 Å². The minimum absolute atomic E-state index is 0.0860. The van der Waals surface area contributed by atoms with Gasteiger partial charge in [0.05, 0.1) is 0 Å². The molecule has 2 aromatic carbocycles. The molecule has 0 saturated carbocycles. The molecule has 0 aliphatic carbocycles. The molecule has 0 spiro atoms. The number of rotatable bonds is 5. The number of nitrogens with zero attached hydrogens (tertiary/aromatic N) is 1. The van der Waals surface area contributed by atoms with Gasteiger partial charge in [-0.05, 0) is 50.8 Å². The number of hydrogen-bond donors (Lipinski definition) is 1. The molecule has 4 nitrogen and oxygen atoms in total. The molecule has 27 heavy (non-hydrogen) atoms. The molecule has 2 amide bonds. The van der Waals surface area contributed by atoms with E-state index in [2.05, 4.69) is 36.5 Å². The highest BCUT2D eigenvalue weighted by molar-refractivity contribution is 5.94. The minimum Gasteiger partial charge on any atom is -0.353 e. The van der Waals surface area contributed by atoms with E-state index in [0.717, 1.165) is 30.4 Å². The third kappa shape index (κ3) is 5.43. The van der Waals surface area contributed by atoms with Crippen molar-refractivity contribution in [1.29, 1.82) is 0 Å². The fourth-order valence-electron chi connectivity index (χ4n) is 3.50. The smallest absolute Gasteiger partial charge is 0.253 e. The van der Waals surface area contributed by atoms with Gasteiger partial charge in [-0.1, -0.05) is 47.5 Å². The molecule has 3 rings (SSSR count). The Bertz CT molecular complexity index is 790. The maximum absolute atomic E-state index is 12.6. The molecule has 0 bridgehead atoms. The van der Waals surface area contributed by atoms with E-state index in [1.165, 1.54) is 11.1 Å². The number of aryl methyl sites for hydroxylation is 3. The second kappa shape index (κ2) is 8.85. The van der Waals surface area contributed by atoms with Gasteiger partial charge in [0.25, 0.3) is 5.91 Å². The number of hydrogen-bond acceptors (Lipinski definition) is 2. The van der Waals surface area contributed by atoms with Crippen LogP contribution in [0.5, 0.6) is 0 Å². The van der Waals surface area contributed by atoms with Crippen molar-refractivity contribution in [2.24, 2.45) is 0 Å². The topological polar surface area (TPSA) is 49.4 Å². The van der Waals surface area contributed by atoms with Crippen molar-refractivity contribution in [2.45, 2.75) is 45.6 Å². The molecule has 1 fully saturated rings. The first-order valence-corrected chi connectivity index (χ1v) is 9.72. The van der Waals surface area contributed by atoms with E-state index in [1.807, 2.05) is 36.1 Å². The number of carbonyl (C=O) groups is 2. The summed E-state index contributed by atoms with van der Waals surface area (Å²) in [7, 11) is 0. The first kappa shape index (κ1) is 19.2. The number of amides is 2. The maximum atomic E-state index is 12.6. The lowest BCUT2D eigenvalue weighted by Gasteiger charge is -2.32. The lowest BCUT2D eigenvalue weighted by atomic mass is 10.0. The van der Waals surface area contributed by atoms with Crippen LogP contribution >= 0.6 is 0 Å². The minimum atomic E-state index is 0.0860. The van der Waals surface area contributed by atoms with E-state index in [1.54, 1.807) is 0 Å². The summed E-state index contributed by atoms with van der Waals surface area (Å²) >= 11 is 0. The normalized spacial score (nSPS) is 14.8. The molecule has 1 aliphatic rings. The van der Waals surface area contributed by atoms with Crippen molar-refractivity contribution in [3.8, 4) is 0 Å². The zero-order valence-electron chi connectivity index (χ0n) is 16.2. The Morgan fingerprint density at radius 1 is 1.00 bits per heavy atom. The highest BCUT2D eigenvalue weighted by atomic mass is 16.2. The van der Waals surface area contributed by atoms with E-state index in [4.69, 9.17) is 0 Å². The molecule has 1 heterocycles. The van der Waals surface area contributed by atoms with Crippen LogP contribution in [0.3, 0.4) is 0 Å². The van der Waals surface area contributed by atoms with Gasteiger partial charge in [0.1, 0.15) is 0 Å². The van der Waals surface area contributed by atoms with Gasteiger partial charge < -0.3 is 10.2 Å². The largest absolute Gasteiger partial charge is 0.353 e. The predicted molar refractivity (Wildman–Crippen MR) is 108 cm³/mol. The summed E-state index contributed by atoms with van der Waals surface area (Å²) < 4.78 is 0. The van der Waals surface area contributed by atoms with E-state index >= 15 is 0 Å². The number of likely N-dealkylation sites (tertiary alicyclic amines) is 1. The van der Waals surface area contributed by atoms with Gasteiger partial charge in [0, 0.05) is 31.1 Å². The fraction of sp³-hybridized carbons (Fsp3) is 0.391. The molecular formula is C23H28N2O2. The van der Waals surface area contributed by atoms with Crippen molar-refractivity contribution in [3.63, 3.8) is 0 Å². The lowest BCUT2D eigenvalue weighted by Crippen LogP contribution is -2.46. The first-order valence-electron chi connectivity index (χ1n) is 9.72. The molecule has 0 atom stereocenters. The quantitative estimate of drug-likeness (QED) is 0.880. The Balaban J connectivity index is 1.43. The van der Waals surface area contributed by atoms with Crippen molar-refractivity contribution in [2.75, 3.05) is 13.1 Å². The number of benzene rings is 2. The molecule has 0 aromatic heterocycles. The summed E-state index contributed by atoms with van der Waals surface area (Å²) in [5.74, 6) is 0.182. The van der Waals surface area contributed by atoms with Crippen LogP contribution in [0.4, 0.5) is 0 Å². The van der Waals surface area contributed by atoms with Crippen LogP contribution in [-0.4, -0.2) is 35.8 Å². The Morgan fingerprint density at radius 2 is 1.70 bits per heavy atom. The van der Waals surface area contributed by atoms with Gasteiger partial charge in [-0.2, -0.15) is 0 Å². The SMILES string of the molecule is Cc1ccc(CCC(=O)NC2CCN(C(=O)c3cccc(C)c3)CC2)cc1. The molecule has 2 aromatic rings. The lowest BCUT2D eigenvalue weighted by molar-refractivity contribution is -0.122. The van der Waals surface area contributed by atoms with Crippen LogP contribution < -0.4 is 5.32 Å². The number of nitrogens with one attached hydrogen (secondary N) is 1. The van der Waals surface area contributed by atoms with Crippen LogP contribution in [0.25, 0.3) is 0 Å². The highest BCUT2D eigenvalue weighted by Gasteiger charge is 2.24. The molecule has 1 saturated heterocycles. The second-order valence-electron chi connectivity index (χ2n) is 7.49. The second-order valence-corrected chi connectivity index (χ2v) is 7.49. The summed E-state index contributed by atoms with van der Waals surface area (Å²) in [5.41, 5.74) is 4.26. The van der Waals surface area contributed by atoms with Crippen LogP contribution in [0.15, 0.2) is 48.5 Å². The van der Waals surface area contributed by atoms with Crippen molar-refractivity contribution >= 4 is 11.8 Å². The molecule has 0 radical (unpaired) electrons. The summed E-state index contributed by atoms with van der Waals surface area (Å²) in [6, 6.07) is 16.2. The van der Waals surface area contributed by atoms with Crippen LogP contribution in [0.1, 0.15) is 46.3 Å². The number of piperidine rings is 1. The fourth-order valence-corrected chi connectivity index (χ4v) is 3.50. The van der Waals surface area contributed by atoms with E-state index < -0.39 is 0 Å². The Morgan fingerprint density at radius 3 is 2.37 bits per heavy atom. The molecule has 1 aliphatic heterocycles. The van der Waals surface area contributed by atoms with Gasteiger partial charge in [0.15, 0.2) is 0 Å². The first-order chi connectivity index (χ1) is 13.0. The van der Waals surface area contributed by atoms with Crippen LogP contribution in [0, 0.1) is 13.8 Å². The van der Waals surface area contributed by atoms with Gasteiger partial charge in [-0.3, -0.25) is 9.59 Å². The maximum Gasteiger partial charge on any atom is 0.253 e. The third-order valence-corrected chi connectivity index (χ3v) is 5.17. The standard InChI is InChI=1S/C23H28N2O2/c1-17-6-8-19(9-7-17)10-11-22(26)24-21-12-14-25(15-13-21)23(27)20-5-3-4-18(2)16-20/h3-9,16,21H,10-15H2,1-2H3,(H,24,26). The zero-order chi connectivity index (χ0) is 19.2. The van der Waals surface area contributed by atoms with E-state index in [0.29, 0.717) is 19.5 Å². The van der Waals surface area contributed by atoms with Crippen LogP contribution in [0.2, 0.25) is 0 Å². The van der Waals surface area contributed by atoms with Crippen molar-refractivity contribution in [1.82, 2.24) is 10.2 Å². The van der Waals surface area contributed by atoms with E-state index in [-0.39, 0.29) is 17.9 Å². The Kier molecular flexibility index (Phi) is 6.28. The average molecular weight is 364 g/mol. The molecule has 4 heteroatoms. The van der Waals surface area contributed by atoms with Gasteiger partial charge in [-0.25, -0.2) is 0 Å². The molecular weight excluding hydrogens is 336 g/mol. The van der Waals surface area contributed by atoms with Crippen molar-refractivity contribution in [3.05, 3.63) is 70.8 Å². The zero-order valence-corrected chi connectivity index (χ0v) is 16.2. The van der Waals surface area contributed by atoms with Crippen LogP contribution in [-0.2, 0) is 11.2 Å². The molecule has 1 N–H and O–H groups in total. The van der Waals surface area contributed by atoms with E-state index in [9.17, 15) is 9.59 Å².